The van der Waals surface area contributed by atoms with Crippen molar-refractivity contribution >= 4 is 45.8 Å². The van der Waals surface area contributed by atoms with Crippen molar-refractivity contribution in [3.63, 3.8) is 0 Å². The second-order valence-corrected chi connectivity index (χ2v) is 7.73. The molecule has 2 heterocycles. The first-order chi connectivity index (χ1) is 14.3. The number of thiophene rings is 1. The number of methoxy groups -OCH3 is 1. The minimum atomic E-state index is -4.79. The van der Waals surface area contributed by atoms with Gasteiger partial charge >= 0.3 is 18.1 Å². The van der Waals surface area contributed by atoms with Gasteiger partial charge in [-0.15, -0.1) is 11.3 Å². The first kappa shape index (κ1) is 24.7. The van der Waals surface area contributed by atoms with Crippen molar-refractivity contribution in [2.24, 2.45) is 0 Å². The average molecular weight is 482 g/mol. The number of anilines is 1. The van der Waals surface area contributed by atoms with E-state index >= 15 is 0 Å². The van der Waals surface area contributed by atoms with Gasteiger partial charge in [-0.3, -0.25) is 9.48 Å². The van der Waals surface area contributed by atoms with E-state index in [1.807, 2.05) is 0 Å². The third-order valence-corrected chi connectivity index (χ3v) is 5.97. The van der Waals surface area contributed by atoms with Crippen LogP contribution >= 0.6 is 22.9 Å². The maximum Gasteiger partial charge on any atom is 0.436 e. The fourth-order valence-electron chi connectivity index (χ4n) is 2.72. The Labute approximate surface area is 184 Å². The second kappa shape index (κ2) is 9.27. The number of esters is 2. The third kappa shape index (κ3) is 4.85. The number of rotatable bonds is 6. The number of nitrogens with one attached hydrogen (secondary N) is 1. The molecule has 0 bridgehead atoms. The van der Waals surface area contributed by atoms with Crippen LogP contribution in [0.2, 0.25) is 5.02 Å². The van der Waals surface area contributed by atoms with Crippen molar-refractivity contribution in [3.8, 4) is 0 Å². The quantitative estimate of drug-likeness (QED) is 0.614. The van der Waals surface area contributed by atoms with Gasteiger partial charge in [0.15, 0.2) is 5.69 Å². The smallest absolute Gasteiger partial charge is 0.436 e. The summed E-state index contributed by atoms with van der Waals surface area (Å²) in [6.07, 6.45) is -4.79. The Bertz CT molecular complexity index is 1030. The zero-order chi connectivity index (χ0) is 23.7. The number of aromatic nitrogens is 2. The van der Waals surface area contributed by atoms with Crippen LogP contribution in [0.4, 0.5) is 18.2 Å². The van der Waals surface area contributed by atoms with Gasteiger partial charge in [-0.25, -0.2) is 9.59 Å². The van der Waals surface area contributed by atoms with Gasteiger partial charge < -0.3 is 14.8 Å². The number of halogens is 4. The van der Waals surface area contributed by atoms with Crippen LogP contribution in [0.25, 0.3) is 0 Å². The van der Waals surface area contributed by atoms with Gasteiger partial charge in [0, 0.05) is 0 Å². The molecular weight excluding hydrogens is 463 g/mol. The van der Waals surface area contributed by atoms with Crippen LogP contribution in [0.1, 0.15) is 56.9 Å². The van der Waals surface area contributed by atoms with Crippen LogP contribution in [0.15, 0.2) is 0 Å². The minimum Gasteiger partial charge on any atom is -0.465 e. The highest BCUT2D eigenvalue weighted by molar-refractivity contribution is 7.18. The molecule has 8 nitrogen and oxygen atoms in total. The standard InChI is InChI=1S/C18H19ClF3N3O5S/c1-6-30-17(28)12-7(2)10(16(27)29-5)15(31-12)23-14(26)9(4)25-8(3)11(19)13(24-25)18(20,21)22/h9H,6H2,1-5H3,(H,23,26). The van der Waals surface area contributed by atoms with Crippen molar-refractivity contribution in [3.05, 3.63) is 32.4 Å². The van der Waals surface area contributed by atoms with E-state index in [9.17, 15) is 27.6 Å². The Morgan fingerprint density at radius 2 is 1.87 bits per heavy atom. The maximum atomic E-state index is 13.1. The molecule has 1 N–H and O–H groups in total. The summed E-state index contributed by atoms with van der Waals surface area (Å²) in [5, 5.41) is 5.28. The van der Waals surface area contributed by atoms with Crippen LogP contribution in [0.5, 0.6) is 0 Å². The zero-order valence-corrected chi connectivity index (χ0v) is 18.7. The fraction of sp³-hybridized carbons (Fsp3) is 0.444. The average Bonchev–Trinajstić information content (AvgIpc) is 3.17. The first-order valence-corrected chi connectivity index (χ1v) is 10.1. The van der Waals surface area contributed by atoms with Crippen LogP contribution in [0.3, 0.4) is 0 Å². The topological polar surface area (TPSA) is 99.5 Å². The third-order valence-electron chi connectivity index (χ3n) is 4.33. The Balaban J connectivity index is 2.42. The monoisotopic (exact) mass is 481 g/mol. The summed E-state index contributed by atoms with van der Waals surface area (Å²) in [5.41, 5.74) is -1.17. The predicted molar refractivity (Wildman–Crippen MR) is 107 cm³/mol. The lowest BCUT2D eigenvalue weighted by molar-refractivity contribution is -0.141. The van der Waals surface area contributed by atoms with Crippen molar-refractivity contribution in [2.75, 3.05) is 19.0 Å². The molecular formula is C18H19ClF3N3O5S. The summed E-state index contributed by atoms with van der Waals surface area (Å²) in [6.45, 7) is 5.81. The van der Waals surface area contributed by atoms with Gasteiger partial charge in [-0.1, -0.05) is 11.6 Å². The van der Waals surface area contributed by atoms with E-state index < -0.39 is 40.8 Å². The van der Waals surface area contributed by atoms with Gasteiger partial charge in [-0.05, 0) is 33.3 Å². The summed E-state index contributed by atoms with van der Waals surface area (Å²) < 4.78 is 49.7. The number of ether oxygens (including phenoxy) is 2. The number of carbonyl (C=O) groups excluding carboxylic acids is 3. The van der Waals surface area contributed by atoms with E-state index in [2.05, 4.69) is 10.4 Å². The molecule has 13 heteroatoms. The Kier molecular flexibility index (Phi) is 7.37. The van der Waals surface area contributed by atoms with Gasteiger partial charge in [-0.2, -0.15) is 18.3 Å². The normalized spacial score (nSPS) is 12.4. The molecule has 0 saturated carbocycles. The van der Waals surface area contributed by atoms with Crippen molar-refractivity contribution in [2.45, 2.75) is 39.9 Å². The van der Waals surface area contributed by atoms with E-state index in [0.717, 1.165) is 23.1 Å². The molecule has 0 aliphatic rings. The molecule has 0 aliphatic carbocycles. The first-order valence-electron chi connectivity index (χ1n) is 8.86. The molecule has 0 aliphatic heterocycles. The SMILES string of the molecule is CCOC(=O)c1sc(NC(=O)C(C)n2nc(C(F)(F)F)c(Cl)c2C)c(C(=O)OC)c1C. The number of amides is 1. The number of hydrogen-bond donors (Lipinski definition) is 1. The number of alkyl halides is 3. The van der Waals surface area contributed by atoms with Crippen LogP contribution in [-0.4, -0.2) is 41.3 Å². The summed E-state index contributed by atoms with van der Waals surface area (Å²) in [5.74, 6) is -2.27. The van der Waals surface area contributed by atoms with Gasteiger partial charge in [0.25, 0.3) is 0 Å². The van der Waals surface area contributed by atoms with Crippen LogP contribution < -0.4 is 5.32 Å². The highest BCUT2D eigenvalue weighted by Gasteiger charge is 2.39. The molecule has 0 fully saturated rings. The fourth-order valence-corrected chi connectivity index (χ4v) is 4.05. The van der Waals surface area contributed by atoms with Gasteiger partial charge in [0.2, 0.25) is 5.91 Å². The van der Waals surface area contributed by atoms with E-state index in [-0.39, 0.29) is 33.3 Å². The molecule has 2 rings (SSSR count). The summed E-state index contributed by atoms with van der Waals surface area (Å²) in [4.78, 5) is 37.2. The van der Waals surface area contributed by atoms with Crippen LogP contribution in [0, 0.1) is 13.8 Å². The Morgan fingerprint density at radius 3 is 2.35 bits per heavy atom. The largest absolute Gasteiger partial charge is 0.465 e. The summed E-state index contributed by atoms with van der Waals surface area (Å²) in [6, 6.07) is -1.22. The molecule has 0 aromatic carbocycles. The molecule has 2 aromatic rings. The minimum absolute atomic E-state index is 0.00351. The van der Waals surface area contributed by atoms with Crippen LogP contribution in [-0.2, 0) is 20.4 Å². The second-order valence-electron chi connectivity index (χ2n) is 6.33. The lowest BCUT2D eigenvalue weighted by Crippen LogP contribution is -2.26. The molecule has 1 unspecified atom stereocenters. The van der Waals surface area contributed by atoms with E-state index in [1.165, 1.54) is 20.8 Å². The Morgan fingerprint density at radius 1 is 1.26 bits per heavy atom. The van der Waals surface area contributed by atoms with E-state index in [1.54, 1.807) is 6.92 Å². The zero-order valence-electron chi connectivity index (χ0n) is 17.1. The molecule has 1 atom stereocenters. The van der Waals surface area contributed by atoms with Gasteiger partial charge in [0.05, 0.1) is 30.0 Å². The maximum absolute atomic E-state index is 13.1. The van der Waals surface area contributed by atoms with Gasteiger partial charge in [0.1, 0.15) is 15.9 Å². The lowest BCUT2D eigenvalue weighted by atomic mass is 10.1. The molecule has 170 valence electrons. The highest BCUT2D eigenvalue weighted by Crippen LogP contribution is 2.37. The van der Waals surface area contributed by atoms with E-state index in [4.69, 9.17) is 21.1 Å². The van der Waals surface area contributed by atoms with Crippen molar-refractivity contribution in [1.29, 1.82) is 0 Å². The number of nitrogens with zero attached hydrogens (tertiary/aromatic N) is 2. The Hall–Kier alpha value is -2.60. The van der Waals surface area contributed by atoms with E-state index in [0.29, 0.717) is 0 Å². The van der Waals surface area contributed by atoms with Crippen molar-refractivity contribution in [1.82, 2.24) is 9.78 Å². The van der Waals surface area contributed by atoms with Crippen molar-refractivity contribution < 1.29 is 37.0 Å². The lowest BCUT2D eigenvalue weighted by Gasteiger charge is -2.14. The summed E-state index contributed by atoms with van der Waals surface area (Å²) in [7, 11) is 1.13. The predicted octanol–water partition coefficient (Wildman–Crippen LogP) is 4.40. The molecule has 1 amide bonds. The number of hydrogen-bond acceptors (Lipinski definition) is 7. The molecule has 0 spiro atoms. The molecule has 2 aromatic heterocycles. The highest BCUT2D eigenvalue weighted by atomic mass is 35.5. The number of carbonyl (C=O) groups is 3. The summed E-state index contributed by atoms with van der Waals surface area (Å²) >= 11 is 6.53. The molecule has 0 saturated heterocycles. The molecule has 0 radical (unpaired) electrons. The molecule has 31 heavy (non-hydrogen) atoms.